The molecule has 0 radical (unpaired) electrons. The van der Waals surface area contributed by atoms with Gasteiger partial charge in [0.25, 0.3) is 0 Å². The number of rotatable bonds is 2. The molecule has 0 aliphatic carbocycles. The fraction of sp³-hybridized carbons (Fsp3) is 0.100. The molecule has 3 nitrogen and oxygen atoms in total. The summed E-state index contributed by atoms with van der Waals surface area (Å²) in [4.78, 5) is 0. The van der Waals surface area contributed by atoms with Crippen molar-refractivity contribution >= 4 is 5.69 Å². The third-order valence-corrected chi connectivity index (χ3v) is 1.99. The molecule has 1 aromatic heterocycles. The number of benzene rings is 1. The van der Waals surface area contributed by atoms with Crippen LogP contribution in [-0.2, 0) is 0 Å². The number of aromatic nitrogens is 2. The fourth-order valence-corrected chi connectivity index (χ4v) is 1.23. The van der Waals surface area contributed by atoms with Crippen LogP contribution < -0.4 is 5.32 Å². The normalized spacial score (nSPS) is 9.92. The Labute approximate surface area is 76.8 Å². The molecule has 0 aliphatic rings. The summed E-state index contributed by atoms with van der Waals surface area (Å²) in [5, 5.41) is 9.89. The second-order valence-corrected chi connectivity index (χ2v) is 2.80. The van der Waals surface area contributed by atoms with Gasteiger partial charge in [-0.25, -0.2) is 0 Å². The van der Waals surface area contributed by atoms with E-state index in [1.165, 1.54) is 0 Å². The Hall–Kier alpha value is -1.77. The van der Waals surface area contributed by atoms with Crippen LogP contribution in [0.25, 0.3) is 11.3 Å². The Morgan fingerprint density at radius 1 is 1.15 bits per heavy atom. The van der Waals surface area contributed by atoms with E-state index >= 15 is 0 Å². The first kappa shape index (κ1) is 7.86. The lowest BCUT2D eigenvalue weighted by Gasteiger charge is -2.00. The number of anilines is 1. The van der Waals surface area contributed by atoms with Crippen molar-refractivity contribution in [1.29, 1.82) is 0 Å². The van der Waals surface area contributed by atoms with Crippen molar-refractivity contribution in [3.8, 4) is 11.3 Å². The molecule has 0 bridgehead atoms. The maximum Gasteiger partial charge on any atom is 0.0650 e. The van der Waals surface area contributed by atoms with Crippen LogP contribution in [0.15, 0.2) is 36.5 Å². The minimum atomic E-state index is 1.04. The quantitative estimate of drug-likeness (QED) is 0.730. The van der Waals surface area contributed by atoms with Crippen LogP contribution in [0.3, 0.4) is 0 Å². The maximum absolute atomic E-state index is 3.90. The summed E-state index contributed by atoms with van der Waals surface area (Å²) in [6.07, 6.45) is 1.75. The number of hydrogen-bond acceptors (Lipinski definition) is 2. The van der Waals surface area contributed by atoms with Crippen molar-refractivity contribution < 1.29 is 0 Å². The molecule has 2 aromatic rings. The van der Waals surface area contributed by atoms with Gasteiger partial charge >= 0.3 is 0 Å². The third-order valence-electron chi connectivity index (χ3n) is 1.99. The summed E-state index contributed by atoms with van der Waals surface area (Å²) in [5.41, 5.74) is 3.31. The van der Waals surface area contributed by atoms with Gasteiger partial charge in [-0.15, -0.1) is 0 Å². The molecule has 0 spiro atoms. The summed E-state index contributed by atoms with van der Waals surface area (Å²) < 4.78 is 0. The fourth-order valence-electron chi connectivity index (χ4n) is 1.23. The van der Waals surface area contributed by atoms with Crippen LogP contribution in [0.2, 0.25) is 0 Å². The number of nitrogens with one attached hydrogen (secondary N) is 2. The Kier molecular flexibility index (Phi) is 2.00. The second kappa shape index (κ2) is 3.31. The Bertz CT molecular complexity index is 362. The molecule has 1 heterocycles. The van der Waals surface area contributed by atoms with Crippen LogP contribution in [0.1, 0.15) is 0 Å². The first-order valence-corrected chi connectivity index (χ1v) is 4.18. The third kappa shape index (κ3) is 1.54. The molecule has 0 unspecified atom stereocenters. The van der Waals surface area contributed by atoms with E-state index in [9.17, 15) is 0 Å². The summed E-state index contributed by atoms with van der Waals surface area (Å²) in [6.45, 7) is 0. The van der Waals surface area contributed by atoms with E-state index in [4.69, 9.17) is 0 Å². The van der Waals surface area contributed by atoms with Gasteiger partial charge in [0.2, 0.25) is 0 Å². The van der Waals surface area contributed by atoms with Gasteiger partial charge in [0, 0.05) is 18.9 Å². The van der Waals surface area contributed by atoms with Crippen molar-refractivity contribution in [3.63, 3.8) is 0 Å². The zero-order valence-electron chi connectivity index (χ0n) is 7.41. The molecule has 13 heavy (non-hydrogen) atoms. The molecule has 2 rings (SSSR count). The van der Waals surface area contributed by atoms with Crippen molar-refractivity contribution in [2.24, 2.45) is 0 Å². The Morgan fingerprint density at radius 2 is 1.92 bits per heavy atom. The summed E-state index contributed by atoms with van der Waals surface area (Å²) >= 11 is 0. The molecule has 0 atom stereocenters. The van der Waals surface area contributed by atoms with Crippen molar-refractivity contribution in [2.75, 3.05) is 12.4 Å². The van der Waals surface area contributed by atoms with Gasteiger partial charge in [-0.05, 0) is 23.8 Å². The zero-order valence-corrected chi connectivity index (χ0v) is 7.41. The predicted molar refractivity (Wildman–Crippen MR) is 53.6 cm³/mol. The van der Waals surface area contributed by atoms with Gasteiger partial charge < -0.3 is 5.32 Å². The van der Waals surface area contributed by atoms with Gasteiger partial charge in [-0.1, -0.05) is 12.1 Å². The number of nitrogens with zero attached hydrogens (tertiary/aromatic N) is 1. The molecular formula is C10H11N3. The number of H-pyrrole nitrogens is 1. The van der Waals surface area contributed by atoms with Gasteiger partial charge in [-0.2, -0.15) is 5.10 Å². The van der Waals surface area contributed by atoms with E-state index < -0.39 is 0 Å². The lowest BCUT2D eigenvalue weighted by Crippen LogP contribution is -1.86. The molecule has 2 N–H and O–H groups in total. The molecule has 0 fully saturated rings. The molecular weight excluding hydrogens is 162 g/mol. The standard InChI is InChI=1S/C10H11N3/c1-11-9-4-2-8(3-5-9)10-6-7-12-13-10/h2-7,11H,1H3,(H,12,13). The largest absolute Gasteiger partial charge is 0.388 e. The Balaban J connectivity index is 2.33. The van der Waals surface area contributed by atoms with Gasteiger partial charge in [0.1, 0.15) is 0 Å². The minimum Gasteiger partial charge on any atom is -0.388 e. The van der Waals surface area contributed by atoms with Crippen molar-refractivity contribution in [3.05, 3.63) is 36.5 Å². The monoisotopic (exact) mass is 173 g/mol. The highest BCUT2D eigenvalue weighted by molar-refractivity contribution is 5.61. The molecule has 66 valence electrons. The van der Waals surface area contributed by atoms with Crippen LogP contribution >= 0.6 is 0 Å². The lowest BCUT2D eigenvalue weighted by molar-refractivity contribution is 1.10. The van der Waals surface area contributed by atoms with E-state index in [0.717, 1.165) is 16.9 Å². The second-order valence-electron chi connectivity index (χ2n) is 2.80. The van der Waals surface area contributed by atoms with Gasteiger partial charge in [-0.3, -0.25) is 5.10 Å². The van der Waals surface area contributed by atoms with E-state index in [-0.39, 0.29) is 0 Å². The first-order valence-electron chi connectivity index (χ1n) is 4.18. The molecule has 0 aliphatic heterocycles. The lowest BCUT2D eigenvalue weighted by atomic mass is 10.1. The maximum atomic E-state index is 3.90. The molecule has 0 amide bonds. The van der Waals surface area contributed by atoms with E-state index in [2.05, 4.69) is 27.6 Å². The van der Waals surface area contributed by atoms with Gasteiger partial charge in [0.15, 0.2) is 0 Å². The van der Waals surface area contributed by atoms with Crippen molar-refractivity contribution in [1.82, 2.24) is 10.2 Å². The predicted octanol–water partition coefficient (Wildman–Crippen LogP) is 2.12. The van der Waals surface area contributed by atoms with E-state index in [0.29, 0.717) is 0 Å². The molecule has 0 saturated heterocycles. The van der Waals surface area contributed by atoms with Gasteiger partial charge in [0.05, 0.1) is 5.69 Å². The average molecular weight is 173 g/mol. The van der Waals surface area contributed by atoms with E-state index in [1.54, 1.807) is 6.20 Å². The van der Waals surface area contributed by atoms with Crippen LogP contribution in [0, 0.1) is 0 Å². The molecule has 1 aromatic carbocycles. The average Bonchev–Trinajstić information content (AvgIpc) is 2.71. The van der Waals surface area contributed by atoms with E-state index in [1.807, 2.05) is 25.2 Å². The highest BCUT2D eigenvalue weighted by Crippen LogP contribution is 2.18. The number of hydrogen-bond donors (Lipinski definition) is 2. The highest BCUT2D eigenvalue weighted by Gasteiger charge is 1.96. The molecule has 3 heteroatoms. The minimum absolute atomic E-state index is 1.04. The number of aromatic amines is 1. The van der Waals surface area contributed by atoms with Crippen LogP contribution in [0.5, 0.6) is 0 Å². The summed E-state index contributed by atoms with van der Waals surface area (Å²) in [5.74, 6) is 0. The topological polar surface area (TPSA) is 40.7 Å². The Morgan fingerprint density at radius 3 is 2.46 bits per heavy atom. The van der Waals surface area contributed by atoms with Crippen LogP contribution in [-0.4, -0.2) is 17.2 Å². The molecule has 0 saturated carbocycles. The summed E-state index contributed by atoms with van der Waals surface area (Å²) in [7, 11) is 1.91. The zero-order chi connectivity index (χ0) is 9.10. The first-order chi connectivity index (χ1) is 6.40. The summed E-state index contributed by atoms with van der Waals surface area (Å²) in [6, 6.07) is 10.1. The highest BCUT2D eigenvalue weighted by atomic mass is 15.1. The van der Waals surface area contributed by atoms with Crippen molar-refractivity contribution in [2.45, 2.75) is 0 Å². The SMILES string of the molecule is CNc1ccc(-c2ccn[nH]2)cc1. The smallest absolute Gasteiger partial charge is 0.0650 e. The van der Waals surface area contributed by atoms with Crippen LogP contribution in [0.4, 0.5) is 5.69 Å².